The number of rotatable bonds is 9. The Morgan fingerprint density at radius 2 is 1.77 bits per heavy atom. The van der Waals surface area contributed by atoms with Gasteiger partial charge in [-0.1, -0.05) is 6.07 Å². The first-order chi connectivity index (χ1) is 14.6. The summed E-state index contributed by atoms with van der Waals surface area (Å²) in [5.74, 6) is 2.03. The maximum atomic E-state index is 13.3. The van der Waals surface area contributed by atoms with Gasteiger partial charge in [0.05, 0.1) is 14.2 Å². The highest BCUT2D eigenvalue weighted by Gasteiger charge is 2.06. The summed E-state index contributed by atoms with van der Waals surface area (Å²) in [4.78, 5) is 7.40. The lowest BCUT2D eigenvalue weighted by Crippen LogP contribution is -2.38. The Hall–Kier alpha value is -2.49. The molecule has 0 atom stereocenters. The average molecular weight is 540 g/mol. The number of H-pyrrole nitrogens is 1. The fraction of sp³-hybridized carbons (Fsp3) is 0.348. The second-order valence-corrected chi connectivity index (χ2v) is 6.97. The number of aryl methyl sites for hydroxylation is 1. The summed E-state index contributed by atoms with van der Waals surface area (Å²) in [6.07, 6.45) is 4.64. The molecule has 3 aromatic rings. The molecule has 0 amide bonds. The zero-order chi connectivity index (χ0) is 21.3. The second kappa shape index (κ2) is 12.4. The zero-order valence-corrected chi connectivity index (χ0v) is 20.5. The molecule has 3 rings (SSSR count). The standard InChI is InChI=1S/C23H29FN4O2.HI/c1-25-23(26-11-4-5-16-6-9-21(29-2)22(13-16)30-3)27-12-10-17-15-28-20-14-18(24)7-8-19(17)20;/h6-9,13-15,28H,4-5,10-12H2,1-3H3,(H2,25,26,27);1H. The van der Waals surface area contributed by atoms with Gasteiger partial charge in [0.25, 0.3) is 0 Å². The van der Waals surface area contributed by atoms with Gasteiger partial charge in [0, 0.05) is 37.2 Å². The van der Waals surface area contributed by atoms with Crippen molar-refractivity contribution in [3.05, 3.63) is 59.5 Å². The Morgan fingerprint density at radius 1 is 1.00 bits per heavy atom. The van der Waals surface area contributed by atoms with Crippen LogP contribution in [0.4, 0.5) is 4.39 Å². The molecule has 0 unspecified atom stereocenters. The van der Waals surface area contributed by atoms with Crippen molar-refractivity contribution in [2.75, 3.05) is 34.4 Å². The lowest BCUT2D eigenvalue weighted by atomic mass is 10.1. The average Bonchev–Trinajstić information content (AvgIpc) is 3.16. The van der Waals surface area contributed by atoms with E-state index in [1.165, 1.54) is 17.7 Å². The van der Waals surface area contributed by atoms with Gasteiger partial charge in [-0.15, -0.1) is 24.0 Å². The third kappa shape index (κ3) is 6.75. The molecule has 6 nitrogen and oxygen atoms in total. The highest BCUT2D eigenvalue weighted by Crippen LogP contribution is 2.27. The molecule has 0 fully saturated rings. The number of halogens is 2. The van der Waals surface area contributed by atoms with Gasteiger partial charge in [-0.05, 0) is 60.7 Å². The van der Waals surface area contributed by atoms with Crippen LogP contribution in [0, 0.1) is 5.82 Å². The van der Waals surface area contributed by atoms with Crippen LogP contribution >= 0.6 is 24.0 Å². The number of benzene rings is 2. The van der Waals surface area contributed by atoms with Gasteiger partial charge in [0.2, 0.25) is 0 Å². The van der Waals surface area contributed by atoms with E-state index >= 15 is 0 Å². The van der Waals surface area contributed by atoms with Gasteiger partial charge >= 0.3 is 0 Å². The molecule has 31 heavy (non-hydrogen) atoms. The van der Waals surface area contributed by atoms with Gasteiger partial charge < -0.3 is 25.1 Å². The molecule has 0 aliphatic carbocycles. The summed E-state index contributed by atoms with van der Waals surface area (Å²) in [5.41, 5.74) is 3.18. The Balaban J connectivity index is 0.00000341. The molecule has 0 bridgehead atoms. The number of aliphatic imine (C=N–C) groups is 1. The van der Waals surface area contributed by atoms with E-state index in [4.69, 9.17) is 9.47 Å². The van der Waals surface area contributed by atoms with Crippen molar-refractivity contribution >= 4 is 40.8 Å². The smallest absolute Gasteiger partial charge is 0.190 e. The topological polar surface area (TPSA) is 70.7 Å². The van der Waals surface area contributed by atoms with Gasteiger partial charge in [0.15, 0.2) is 17.5 Å². The summed E-state index contributed by atoms with van der Waals surface area (Å²) in [6.45, 7) is 1.54. The van der Waals surface area contributed by atoms with Gasteiger partial charge in [-0.25, -0.2) is 4.39 Å². The summed E-state index contributed by atoms with van der Waals surface area (Å²) in [5, 5.41) is 7.72. The molecular formula is C23H30FIN4O2. The van der Waals surface area contributed by atoms with E-state index in [-0.39, 0.29) is 29.8 Å². The van der Waals surface area contributed by atoms with Crippen LogP contribution in [0.2, 0.25) is 0 Å². The van der Waals surface area contributed by atoms with Crippen LogP contribution in [0.15, 0.2) is 47.6 Å². The van der Waals surface area contributed by atoms with Crippen LogP contribution in [-0.2, 0) is 12.8 Å². The SMILES string of the molecule is CN=C(NCCCc1ccc(OC)c(OC)c1)NCCc1c[nH]c2cc(F)ccc12.I. The summed E-state index contributed by atoms with van der Waals surface area (Å²) >= 11 is 0. The fourth-order valence-corrected chi connectivity index (χ4v) is 3.44. The highest BCUT2D eigenvalue weighted by atomic mass is 127. The normalized spacial score (nSPS) is 11.2. The van der Waals surface area contributed by atoms with Crippen molar-refractivity contribution in [3.8, 4) is 11.5 Å². The van der Waals surface area contributed by atoms with E-state index in [9.17, 15) is 4.39 Å². The largest absolute Gasteiger partial charge is 0.493 e. The first-order valence-corrected chi connectivity index (χ1v) is 10.1. The van der Waals surface area contributed by atoms with Crippen LogP contribution in [0.5, 0.6) is 11.5 Å². The predicted octanol–water partition coefficient (Wildman–Crippen LogP) is 4.28. The van der Waals surface area contributed by atoms with Crippen LogP contribution in [0.1, 0.15) is 17.5 Å². The molecule has 8 heteroatoms. The van der Waals surface area contributed by atoms with Crippen LogP contribution in [-0.4, -0.2) is 45.3 Å². The van der Waals surface area contributed by atoms with Crippen molar-refractivity contribution in [1.82, 2.24) is 15.6 Å². The first-order valence-electron chi connectivity index (χ1n) is 10.1. The molecular weight excluding hydrogens is 510 g/mol. The third-order valence-electron chi connectivity index (χ3n) is 5.02. The third-order valence-corrected chi connectivity index (χ3v) is 5.02. The Morgan fingerprint density at radius 3 is 2.52 bits per heavy atom. The monoisotopic (exact) mass is 540 g/mol. The molecule has 3 N–H and O–H groups in total. The van der Waals surface area contributed by atoms with Gasteiger partial charge in [-0.3, -0.25) is 4.99 Å². The molecule has 2 aromatic carbocycles. The van der Waals surface area contributed by atoms with E-state index in [2.05, 4.69) is 26.7 Å². The number of methoxy groups -OCH3 is 2. The molecule has 0 radical (unpaired) electrons. The number of nitrogens with zero attached hydrogens (tertiary/aromatic N) is 1. The number of hydrogen-bond acceptors (Lipinski definition) is 3. The lowest BCUT2D eigenvalue weighted by molar-refractivity contribution is 0.354. The maximum absolute atomic E-state index is 13.3. The molecule has 1 aromatic heterocycles. The maximum Gasteiger partial charge on any atom is 0.190 e. The lowest BCUT2D eigenvalue weighted by Gasteiger charge is -2.12. The Bertz CT molecular complexity index is 1010. The molecule has 0 spiro atoms. The molecule has 0 saturated carbocycles. The number of aromatic amines is 1. The van der Waals surface area contributed by atoms with Crippen molar-refractivity contribution in [1.29, 1.82) is 0 Å². The summed E-state index contributed by atoms with van der Waals surface area (Å²) in [6, 6.07) is 10.8. The minimum atomic E-state index is -0.230. The minimum absolute atomic E-state index is 0. The Labute approximate surface area is 199 Å². The van der Waals surface area contributed by atoms with Crippen LogP contribution < -0.4 is 20.1 Å². The van der Waals surface area contributed by atoms with Crippen molar-refractivity contribution in [2.45, 2.75) is 19.3 Å². The van der Waals surface area contributed by atoms with Crippen LogP contribution in [0.3, 0.4) is 0 Å². The first kappa shape index (κ1) is 24.8. The number of aromatic nitrogens is 1. The molecule has 1 heterocycles. The summed E-state index contributed by atoms with van der Waals surface area (Å²) < 4.78 is 23.9. The van der Waals surface area contributed by atoms with Crippen molar-refractivity contribution < 1.29 is 13.9 Å². The van der Waals surface area contributed by atoms with Gasteiger partial charge in [0.1, 0.15) is 5.82 Å². The Kier molecular flexibility index (Phi) is 9.90. The zero-order valence-electron chi connectivity index (χ0n) is 18.1. The highest BCUT2D eigenvalue weighted by molar-refractivity contribution is 14.0. The van der Waals surface area contributed by atoms with E-state index in [0.29, 0.717) is 0 Å². The summed E-state index contributed by atoms with van der Waals surface area (Å²) in [7, 11) is 5.05. The molecule has 168 valence electrons. The number of hydrogen-bond donors (Lipinski definition) is 3. The molecule has 0 saturated heterocycles. The fourth-order valence-electron chi connectivity index (χ4n) is 3.44. The predicted molar refractivity (Wildman–Crippen MR) is 135 cm³/mol. The molecule has 0 aliphatic rings. The number of fused-ring (bicyclic) bond motifs is 1. The van der Waals surface area contributed by atoms with Crippen LogP contribution in [0.25, 0.3) is 10.9 Å². The van der Waals surface area contributed by atoms with E-state index < -0.39 is 0 Å². The van der Waals surface area contributed by atoms with E-state index in [1.54, 1.807) is 21.3 Å². The minimum Gasteiger partial charge on any atom is -0.493 e. The second-order valence-electron chi connectivity index (χ2n) is 6.97. The van der Waals surface area contributed by atoms with Crippen molar-refractivity contribution in [2.24, 2.45) is 4.99 Å². The quantitative estimate of drug-likeness (QED) is 0.164. The van der Waals surface area contributed by atoms with Gasteiger partial charge in [-0.2, -0.15) is 0 Å². The molecule has 0 aliphatic heterocycles. The number of ether oxygens (including phenoxy) is 2. The number of guanidine groups is 1. The van der Waals surface area contributed by atoms with Crippen molar-refractivity contribution in [3.63, 3.8) is 0 Å². The number of nitrogens with one attached hydrogen (secondary N) is 3. The van der Waals surface area contributed by atoms with E-state index in [1.807, 2.05) is 24.4 Å². The van der Waals surface area contributed by atoms with E-state index in [0.717, 1.165) is 66.3 Å².